The minimum atomic E-state index is 0.570. The van der Waals surface area contributed by atoms with Crippen LogP contribution in [0.1, 0.15) is 38.2 Å². The smallest absolute Gasteiger partial charge is 0.147 e. The number of rotatable bonds is 6. The van der Waals surface area contributed by atoms with Crippen LogP contribution in [0.4, 0.5) is 0 Å². The van der Waals surface area contributed by atoms with E-state index in [-0.39, 0.29) is 0 Å². The topological polar surface area (TPSA) is 21.3 Å². The number of hydrogen-bond acceptors (Lipinski definition) is 2. The maximum Gasteiger partial charge on any atom is 0.147 e. The highest BCUT2D eigenvalue weighted by atomic mass is 79.9. The fourth-order valence-electron chi connectivity index (χ4n) is 2.71. The highest BCUT2D eigenvalue weighted by Crippen LogP contribution is 2.43. The molecule has 0 atom stereocenters. The molecule has 106 valence electrons. The van der Waals surface area contributed by atoms with Crippen molar-refractivity contribution in [3.8, 4) is 5.75 Å². The van der Waals surface area contributed by atoms with Crippen LogP contribution < -0.4 is 10.1 Å². The number of ether oxygens (including phenoxy) is 1. The SMILES string of the molecule is CCC1(CNCc2cc(Br)c(OC)c(Br)c2)CCC1. The van der Waals surface area contributed by atoms with Crippen LogP contribution in [0, 0.1) is 5.41 Å². The number of benzene rings is 1. The molecule has 1 aromatic rings. The molecule has 0 radical (unpaired) electrons. The number of halogens is 2. The van der Waals surface area contributed by atoms with E-state index in [0.29, 0.717) is 5.41 Å². The van der Waals surface area contributed by atoms with Gasteiger partial charge in [0.2, 0.25) is 0 Å². The van der Waals surface area contributed by atoms with E-state index in [9.17, 15) is 0 Å². The number of nitrogens with one attached hydrogen (secondary N) is 1. The third-order valence-corrected chi connectivity index (χ3v) is 5.43. The summed E-state index contributed by atoms with van der Waals surface area (Å²) in [5, 5.41) is 3.60. The molecule has 0 spiro atoms. The van der Waals surface area contributed by atoms with Crippen molar-refractivity contribution in [3.05, 3.63) is 26.6 Å². The first-order valence-electron chi connectivity index (χ1n) is 6.83. The molecule has 4 heteroatoms. The molecule has 0 aliphatic heterocycles. The van der Waals surface area contributed by atoms with E-state index >= 15 is 0 Å². The van der Waals surface area contributed by atoms with Crippen molar-refractivity contribution in [1.82, 2.24) is 5.32 Å². The minimum Gasteiger partial charge on any atom is -0.494 e. The van der Waals surface area contributed by atoms with Gasteiger partial charge in [0.1, 0.15) is 5.75 Å². The van der Waals surface area contributed by atoms with Crippen molar-refractivity contribution >= 4 is 31.9 Å². The van der Waals surface area contributed by atoms with Gasteiger partial charge in [-0.15, -0.1) is 0 Å². The van der Waals surface area contributed by atoms with Gasteiger partial charge in [-0.05, 0) is 74.2 Å². The van der Waals surface area contributed by atoms with E-state index in [1.54, 1.807) is 7.11 Å². The first-order chi connectivity index (χ1) is 9.10. The standard InChI is InChI=1S/C15H21Br2NO/c1-3-15(5-4-6-15)10-18-9-11-7-12(16)14(19-2)13(17)8-11/h7-8,18H,3-6,9-10H2,1-2H3. The third kappa shape index (κ3) is 3.53. The van der Waals surface area contributed by atoms with E-state index < -0.39 is 0 Å². The molecular formula is C15H21Br2NO. The molecule has 0 aromatic heterocycles. The van der Waals surface area contributed by atoms with Gasteiger partial charge in [-0.2, -0.15) is 0 Å². The lowest BCUT2D eigenvalue weighted by molar-refractivity contribution is 0.124. The van der Waals surface area contributed by atoms with Crippen LogP contribution in [0.15, 0.2) is 21.1 Å². The Balaban J connectivity index is 1.93. The van der Waals surface area contributed by atoms with Gasteiger partial charge in [-0.25, -0.2) is 0 Å². The van der Waals surface area contributed by atoms with Crippen LogP contribution >= 0.6 is 31.9 Å². The molecule has 2 rings (SSSR count). The molecule has 0 unspecified atom stereocenters. The van der Waals surface area contributed by atoms with Gasteiger partial charge in [0.25, 0.3) is 0 Å². The van der Waals surface area contributed by atoms with Crippen LogP contribution in [-0.4, -0.2) is 13.7 Å². The molecule has 0 heterocycles. The van der Waals surface area contributed by atoms with Gasteiger partial charge >= 0.3 is 0 Å². The molecule has 19 heavy (non-hydrogen) atoms. The van der Waals surface area contributed by atoms with E-state index in [1.165, 1.54) is 31.2 Å². The molecule has 0 saturated heterocycles. The van der Waals surface area contributed by atoms with Crippen molar-refractivity contribution < 1.29 is 4.74 Å². The molecule has 1 aliphatic rings. The lowest BCUT2D eigenvalue weighted by atomic mass is 9.67. The Bertz CT molecular complexity index is 415. The summed E-state index contributed by atoms with van der Waals surface area (Å²) in [5.41, 5.74) is 1.84. The van der Waals surface area contributed by atoms with Crippen LogP contribution in [0.3, 0.4) is 0 Å². The molecule has 1 fully saturated rings. The quantitative estimate of drug-likeness (QED) is 0.746. The van der Waals surface area contributed by atoms with E-state index in [0.717, 1.165) is 27.8 Å². The van der Waals surface area contributed by atoms with Crippen molar-refractivity contribution in [3.63, 3.8) is 0 Å². The third-order valence-electron chi connectivity index (χ3n) is 4.26. The Kier molecular flexibility index (Phi) is 5.32. The predicted octanol–water partition coefficient (Wildman–Crippen LogP) is 4.89. The fraction of sp³-hybridized carbons (Fsp3) is 0.600. The van der Waals surface area contributed by atoms with Gasteiger partial charge in [0.05, 0.1) is 16.1 Å². The molecule has 0 bridgehead atoms. The Hall–Kier alpha value is -0.0600. The first kappa shape index (κ1) is 15.3. The largest absolute Gasteiger partial charge is 0.494 e. The van der Waals surface area contributed by atoms with Crippen molar-refractivity contribution in [2.24, 2.45) is 5.41 Å². The van der Waals surface area contributed by atoms with E-state index in [4.69, 9.17) is 4.74 Å². The highest BCUT2D eigenvalue weighted by Gasteiger charge is 2.34. The summed E-state index contributed by atoms with van der Waals surface area (Å²) in [6, 6.07) is 4.24. The Labute approximate surface area is 132 Å². The molecule has 1 saturated carbocycles. The summed E-state index contributed by atoms with van der Waals surface area (Å²) >= 11 is 7.09. The monoisotopic (exact) mass is 389 g/mol. The van der Waals surface area contributed by atoms with Crippen LogP contribution in [0.2, 0.25) is 0 Å². The summed E-state index contributed by atoms with van der Waals surface area (Å²) in [4.78, 5) is 0. The lowest BCUT2D eigenvalue weighted by Gasteiger charge is -2.41. The fourth-order valence-corrected chi connectivity index (χ4v) is 4.32. The molecule has 1 aromatic carbocycles. The normalized spacial score (nSPS) is 17.1. The molecule has 2 nitrogen and oxygen atoms in total. The Morgan fingerprint density at radius 3 is 2.32 bits per heavy atom. The van der Waals surface area contributed by atoms with Crippen molar-refractivity contribution in [2.45, 2.75) is 39.2 Å². The maximum absolute atomic E-state index is 5.32. The second kappa shape index (κ2) is 6.59. The van der Waals surface area contributed by atoms with Gasteiger partial charge in [0, 0.05) is 13.1 Å². The molecular weight excluding hydrogens is 370 g/mol. The zero-order chi connectivity index (χ0) is 13.9. The van der Waals surface area contributed by atoms with E-state index in [1.807, 2.05) is 0 Å². The maximum atomic E-state index is 5.32. The predicted molar refractivity (Wildman–Crippen MR) is 86.7 cm³/mol. The van der Waals surface area contributed by atoms with Crippen LogP contribution in [0.25, 0.3) is 0 Å². The lowest BCUT2D eigenvalue weighted by Crippen LogP contribution is -2.39. The van der Waals surface area contributed by atoms with Gasteiger partial charge in [0.15, 0.2) is 0 Å². The number of methoxy groups -OCH3 is 1. The molecule has 1 aliphatic carbocycles. The zero-order valence-electron chi connectivity index (χ0n) is 11.6. The van der Waals surface area contributed by atoms with Gasteiger partial charge in [-0.1, -0.05) is 13.3 Å². The highest BCUT2D eigenvalue weighted by molar-refractivity contribution is 9.11. The summed E-state index contributed by atoms with van der Waals surface area (Å²) in [6.45, 7) is 4.34. The molecule has 1 N–H and O–H groups in total. The zero-order valence-corrected chi connectivity index (χ0v) is 14.7. The summed E-state index contributed by atoms with van der Waals surface area (Å²) in [5.74, 6) is 0.854. The summed E-state index contributed by atoms with van der Waals surface area (Å²) in [7, 11) is 1.68. The second-order valence-electron chi connectivity index (χ2n) is 5.40. The van der Waals surface area contributed by atoms with Gasteiger partial charge < -0.3 is 10.1 Å². The van der Waals surface area contributed by atoms with Gasteiger partial charge in [-0.3, -0.25) is 0 Å². The minimum absolute atomic E-state index is 0.570. The Morgan fingerprint density at radius 2 is 1.89 bits per heavy atom. The van der Waals surface area contributed by atoms with E-state index in [2.05, 4.69) is 56.2 Å². The van der Waals surface area contributed by atoms with Crippen molar-refractivity contribution in [1.29, 1.82) is 0 Å². The summed E-state index contributed by atoms with van der Waals surface area (Å²) < 4.78 is 7.31. The average molecular weight is 391 g/mol. The molecule has 0 amide bonds. The van der Waals surface area contributed by atoms with Crippen LogP contribution in [0.5, 0.6) is 5.75 Å². The number of hydrogen-bond donors (Lipinski definition) is 1. The van der Waals surface area contributed by atoms with Crippen LogP contribution in [-0.2, 0) is 6.54 Å². The van der Waals surface area contributed by atoms with Crippen molar-refractivity contribution in [2.75, 3.05) is 13.7 Å². The Morgan fingerprint density at radius 1 is 1.26 bits per heavy atom. The average Bonchev–Trinajstić information content (AvgIpc) is 2.32. The summed E-state index contributed by atoms with van der Waals surface area (Å²) in [6.07, 6.45) is 5.45. The second-order valence-corrected chi connectivity index (χ2v) is 7.11. The first-order valence-corrected chi connectivity index (χ1v) is 8.41.